The number of phenols is 1. The zero-order valence-corrected chi connectivity index (χ0v) is 9.14. The topological polar surface area (TPSA) is 49.7 Å². The Hall–Kier alpha value is -1.36. The van der Waals surface area contributed by atoms with E-state index in [1.54, 1.807) is 0 Å². The summed E-state index contributed by atoms with van der Waals surface area (Å²) in [5.41, 5.74) is 0. The van der Waals surface area contributed by atoms with Gasteiger partial charge in [0.2, 0.25) is 0 Å². The number of phenolic OH excluding ortho intramolecular Hbond substituents is 1. The van der Waals surface area contributed by atoms with Gasteiger partial charge in [0.05, 0.1) is 6.10 Å². The van der Waals surface area contributed by atoms with Crippen molar-refractivity contribution in [2.24, 2.45) is 0 Å². The molecule has 5 heteroatoms. The molecule has 2 N–H and O–H groups in total. The molecule has 0 bridgehead atoms. The lowest BCUT2D eigenvalue weighted by atomic mass is 9.91. The summed E-state index contributed by atoms with van der Waals surface area (Å²) in [6.07, 6.45) is -2.39. The second kappa shape index (κ2) is 4.49. The van der Waals surface area contributed by atoms with E-state index in [-0.39, 0.29) is 30.8 Å². The van der Waals surface area contributed by atoms with Gasteiger partial charge in [-0.15, -0.1) is 0 Å². The van der Waals surface area contributed by atoms with Crippen LogP contribution >= 0.6 is 0 Å². The Balaban J connectivity index is 2.08. The van der Waals surface area contributed by atoms with Crippen molar-refractivity contribution < 1.29 is 23.7 Å². The van der Waals surface area contributed by atoms with Crippen LogP contribution in [-0.4, -0.2) is 28.3 Å². The van der Waals surface area contributed by atoms with Crippen LogP contribution in [0.25, 0.3) is 0 Å². The minimum absolute atomic E-state index is 0.0489. The Labute approximate surface area is 97.6 Å². The summed E-state index contributed by atoms with van der Waals surface area (Å²) in [5, 5.41) is 18.4. The molecule has 1 aliphatic carbocycles. The SMILES string of the molecule is Oc1ccc(OC2CC(O)CCC2(F)F)cc1. The highest BCUT2D eigenvalue weighted by molar-refractivity contribution is 5.30. The third-order valence-corrected chi connectivity index (χ3v) is 2.88. The number of rotatable bonds is 2. The number of aromatic hydroxyl groups is 1. The molecule has 0 aromatic heterocycles. The number of aliphatic hydroxyl groups is 1. The second-order valence-corrected chi connectivity index (χ2v) is 4.29. The van der Waals surface area contributed by atoms with E-state index in [1.807, 2.05) is 0 Å². The lowest BCUT2D eigenvalue weighted by Gasteiger charge is -2.33. The van der Waals surface area contributed by atoms with Gasteiger partial charge < -0.3 is 14.9 Å². The molecule has 0 amide bonds. The van der Waals surface area contributed by atoms with Crippen molar-refractivity contribution in [3.63, 3.8) is 0 Å². The number of hydrogen-bond acceptors (Lipinski definition) is 3. The van der Waals surface area contributed by atoms with Gasteiger partial charge in [0.15, 0.2) is 6.10 Å². The molecule has 1 aliphatic rings. The largest absolute Gasteiger partial charge is 0.508 e. The maximum atomic E-state index is 13.5. The van der Waals surface area contributed by atoms with E-state index < -0.39 is 18.1 Å². The Morgan fingerprint density at radius 2 is 1.88 bits per heavy atom. The molecule has 0 heterocycles. The highest BCUT2D eigenvalue weighted by Crippen LogP contribution is 2.36. The number of halogens is 2. The summed E-state index contributed by atoms with van der Waals surface area (Å²) in [5.74, 6) is -2.61. The highest BCUT2D eigenvalue weighted by Gasteiger charge is 2.46. The molecule has 0 spiro atoms. The molecule has 1 aromatic rings. The van der Waals surface area contributed by atoms with E-state index in [4.69, 9.17) is 9.84 Å². The van der Waals surface area contributed by atoms with Gasteiger partial charge in [0, 0.05) is 12.8 Å². The van der Waals surface area contributed by atoms with Gasteiger partial charge >= 0.3 is 0 Å². The number of hydrogen-bond donors (Lipinski definition) is 2. The van der Waals surface area contributed by atoms with Crippen LogP contribution < -0.4 is 4.74 Å². The number of benzene rings is 1. The molecule has 3 nitrogen and oxygen atoms in total. The molecular weight excluding hydrogens is 230 g/mol. The average Bonchev–Trinajstić information content (AvgIpc) is 2.27. The zero-order chi connectivity index (χ0) is 12.5. The fraction of sp³-hybridized carbons (Fsp3) is 0.500. The van der Waals surface area contributed by atoms with Gasteiger partial charge in [-0.05, 0) is 30.7 Å². The second-order valence-electron chi connectivity index (χ2n) is 4.29. The first-order valence-electron chi connectivity index (χ1n) is 5.49. The standard InChI is InChI=1S/C12H14F2O3/c13-12(14)6-5-9(16)7-11(12)17-10-3-1-8(15)2-4-10/h1-4,9,11,15-16H,5-7H2. The summed E-state index contributed by atoms with van der Waals surface area (Å²) in [7, 11) is 0. The van der Waals surface area contributed by atoms with E-state index in [0.717, 1.165) is 0 Å². The maximum Gasteiger partial charge on any atom is 0.284 e. The highest BCUT2D eigenvalue weighted by atomic mass is 19.3. The maximum absolute atomic E-state index is 13.5. The Morgan fingerprint density at radius 3 is 2.53 bits per heavy atom. The van der Waals surface area contributed by atoms with Crippen LogP contribution in [0.5, 0.6) is 11.5 Å². The molecule has 1 saturated carbocycles. The van der Waals surface area contributed by atoms with Crippen LogP contribution in [0.4, 0.5) is 8.78 Å². The number of aliphatic hydroxyl groups excluding tert-OH is 1. The van der Waals surface area contributed by atoms with Crippen LogP contribution in [0.15, 0.2) is 24.3 Å². The van der Waals surface area contributed by atoms with Gasteiger partial charge in [-0.25, -0.2) is 8.78 Å². The lowest BCUT2D eigenvalue weighted by Crippen LogP contribution is -2.45. The van der Waals surface area contributed by atoms with Crippen molar-refractivity contribution in [3.05, 3.63) is 24.3 Å². The van der Waals surface area contributed by atoms with Gasteiger partial charge in [-0.3, -0.25) is 0 Å². The smallest absolute Gasteiger partial charge is 0.284 e. The van der Waals surface area contributed by atoms with Crippen LogP contribution in [-0.2, 0) is 0 Å². The molecule has 2 atom stereocenters. The minimum Gasteiger partial charge on any atom is -0.508 e. The van der Waals surface area contributed by atoms with Gasteiger partial charge in [0.25, 0.3) is 5.92 Å². The predicted molar refractivity (Wildman–Crippen MR) is 57.3 cm³/mol. The predicted octanol–water partition coefficient (Wildman–Crippen LogP) is 2.32. The number of alkyl halides is 2. The molecule has 2 unspecified atom stereocenters. The molecule has 0 saturated heterocycles. The van der Waals surface area contributed by atoms with Crippen LogP contribution in [0.1, 0.15) is 19.3 Å². The fourth-order valence-corrected chi connectivity index (χ4v) is 1.88. The van der Waals surface area contributed by atoms with E-state index in [2.05, 4.69) is 0 Å². The van der Waals surface area contributed by atoms with Gasteiger partial charge in [0.1, 0.15) is 11.5 Å². The fourth-order valence-electron chi connectivity index (χ4n) is 1.88. The van der Waals surface area contributed by atoms with Crippen molar-refractivity contribution in [1.29, 1.82) is 0 Å². The lowest BCUT2D eigenvalue weighted by molar-refractivity contribution is -0.141. The summed E-state index contributed by atoms with van der Waals surface area (Å²) in [6, 6.07) is 5.58. The quantitative estimate of drug-likeness (QED) is 0.839. The summed E-state index contributed by atoms with van der Waals surface area (Å²) in [6.45, 7) is 0. The Kier molecular flexibility index (Phi) is 3.19. The van der Waals surface area contributed by atoms with Gasteiger partial charge in [-0.2, -0.15) is 0 Å². The van der Waals surface area contributed by atoms with Crippen molar-refractivity contribution in [3.8, 4) is 11.5 Å². The van der Waals surface area contributed by atoms with Crippen LogP contribution in [0.3, 0.4) is 0 Å². The van der Waals surface area contributed by atoms with E-state index in [9.17, 15) is 13.9 Å². The molecular formula is C12H14F2O3. The summed E-state index contributed by atoms with van der Waals surface area (Å²) in [4.78, 5) is 0. The van der Waals surface area contributed by atoms with Crippen molar-refractivity contribution in [2.75, 3.05) is 0 Å². The molecule has 1 fully saturated rings. The third-order valence-electron chi connectivity index (χ3n) is 2.88. The third kappa shape index (κ3) is 2.85. The summed E-state index contributed by atoms with van der Waals surface area (Å²) >= 11 is 0. The van der Waals surface area contributed by atoms with Crippen molar-refractivity contribution >= 4 is 0 Å². The molecule has 17 heavy (non-hydrogen) atoms. The first-order chi connectivity index (χ1) is 7.97. The molecule has 94 valence electrons. The molecule has 1 aromatic carbocycles. The minimum atomic E-state index is -2.92. The first-order valence-corrected chi connectivity index (χ1v) is 5.49. The zero-order valence-electron chi connectivity index (χ0n) is 9.14. The average molecular weight is 244 g/mol. The molecule has 0 radical (unpaired) electrons. The number of ether oxygens (including phenoxy) is 1. The van der Waals surface area contributed by atoms with Crippen LogP contribution in [0.2, 0.25) is 0 Å². The van der Waals surface area contributed by atoms with E-state index >= 15 is 0 Å². The molecule has 0 aliphatic heterocycles. The summed E-state index contributed by atoms with van der Waals surface area (Å²) < 4.78 is 32.2. The van der Waals surface area contributed by atoms with Gasteiger partial charge in [-0.1, -0.05) is 0 Å². The normalized spacial score (nSPS) is 27.7. The van der Waals surface area contributed by atoms with Crippen LogP contribution in [0, 0.1) is 0 Å². The van der Waals surface area contributed by atoms with Crippen molar-refractivity contribution in [1.82, 2.24) is 0 Å². The van der Waals surface area contributed by atoms with Crippen molar-refractivity contribution in [2.45, 2.75) is 37.4 Å². The van der Waals surface area contributed by atoms with E-state index in [0.29, 0.717) is 0 Å². The molecule has 2 rings (SSSR count). The van der Waals surface area contributed by atoms with E-state index in [1.165, 1.54) is 24.3 Å². The first kappa shape index (κ1) is 12.1. The monoisotopic (exact) mass is 244 g/mol. The Bertz CT molecular complexity index is 378. The Morgan fingerprint density at radius 1 is 1.24 bits per heavy atom.